The Morgan fingerprint density at radius 2 is 1.29 bits per heavy atom. The quantitative estimate of drug-likeness (QED) is 0.227. The zero-order valence-electron chi connectivity index (χ0n) is 4.20. The minimum absolute atomic E-state index is 0.931. The van der Waals surface area contributed by atoms with Gasteiger partial charge >= 0.3 is 0 Å². The number of hydrogen-bond acceptors (Lipinski definition) is 3. The molecule has 0 fully saturated rings. The molecule has 0 amide bonds. The monoisotopic (exact) mass is 140 g/mol. The highest BCUT2D eigenvalue weighted by Gasteiger charge is 1.35. The Hall–Kier alpha value is -0.406. The van der Waals surface area contributed by atoms with Crippen molar-refractivity contribution < 1.29 is 14.5 Å². The van der Waals surface area contributed by atoms with Crippen molar-refractivity contribution in [3.63, 3.8) is 0 Å². The molecule has 0 aliphatic heterocycles. The molecule has 0 radical (unpaired) electrons. The van der Waals surface area contributed by atoms with Gasteiger partial charge in [0.05, 0.1) is 10.6 Å². The molecule has 0 bridgehead atoms. The van der Waals surface area contributed by atoms with Crippen molar-refractivity contribution >= 4 is 21.0 Å². The van der Waals surface area contributed by atoms with E-state index in [4.69, 9.17) is 10.4 Å². The molecule has 0 aliphatic carbocycles. The van der Waals surface area contributed by atoms with Crippen LogP contribution in [0.25, 0.3) is 0 Å². The maximum absolute atomic E-state index is 7.08. The van der Waals surface area contributed by atoms with Crippen LogP contribution < -0.4 is 0 Å². The Bertz CT molecular complexity index is 33.9. The van der Waals surface area contributed by atoms with Gasteiger partial charge in [0.1, 0.15) is 21.0 Å². The Morgan fingerprint density at radius 1 is 1.14 bits per heavy atom. The smallest absolute Gasteiger partial charge is 0.129 e. The average Bonchev–Trinajstić information content (AvgIpc) is 1.69. The number of rotatable bonds is 0. The van der Waals surface area contributed by atoms with Gasteiger partial charge in [-0.3, -0.25) is 0 Å². The normalized spacial score (nSPS) is 8.57. The highest BCUT2D eigenvalue weighted by atomic mass is 28.3. The van der Waals surface area contributed by atoms with Gasteiger partial charge < -0.3 is 14.5 Å². The van der Waals surface area contributed by atoms with Crippen LogP contribution in [-0.4, -0.2) is 31.4 Å². The van der Waals surface area contributed by atoms with E-state index in [0.717, 1.165) is 21.0 Å². The van der Waals surface area contributed by atoms with E-state index in [0.29, 0.717) is 0 Å². The summed E-state index contributed by atoms with van der Waals surface area (Å²) in [5.41, 5.74) is 0. The van der Waals surface area contributed by atoms with Gasteiger partial charge in [0.15, 0.2) is 0 Å². The van der Waals surface area contributed by atoms with Crippen molar-refractivity contribution in [2.75, 3.05) is 0 Å². The molecule has 0 aromatic heterocycles. The summed E-state index contributed by atoms with van der Waals surface area (Å²) in [5.74, 6) is 0. The maximum atomic E-state index is 7.08. The molecular weight excluding hydrogens is 132 g/mol. The van der Waals surface area contributed by atoms with Crippen molar-refractivity contribution in [1.29, 1.82) is 0 Å². The van der Waals surface area contributed by atoms with Crippen molar-refractivity contribution in [2.24, 2.45) is 10.6 Å². The van der Waals surface area contributed by atoms with Crippen LogP contribution in [0.3, 0.4) is 0 Å². The molecule has 0 aliphatic rings. The molecule has 0 aromatic rings. The second-order valence-corrected chi connectivity index (χ2v) is 3.85. The van der Waals surface area contributed by atoms with Crippen molar-refractivity contribution in [2.45, 2.75) is 0 Å². The van der Waals surface area contributed by atoms with E-state index in [9.17, 15) is 0 Å². The second-order valence-electron chi connectivity index (χ2n) is 0.587. The molecule has 0 atom stereocenters. The molecule has 0 unspecified atom stereocenters. The Labute approximate surface area is 47.0 Å². The highest BCUT2D eigenvalue weighted by molar-refractivity contribution is 6.15. The summed E-state index contributed by atoms with van der Waals surface area (Å²) in [6.07, 6.45) is 0. The molecule has 44 valence electrons. The van der Waals surface area contributed by atoms with Gasteiger partial charge in [0.25, 0.3) is 0 Å². The summed E-state index contributed by atoms with van der Waals surface area (Å²) in [4.78, 5) is 0. The van der Waals surface area contributed by atoms with Crippen molar-refractivity contribution in [3.05, 3.63) is 0 Å². The topological polar surface area (TPSA) is 74.4 Å². The van der Waals surface area contributed by atoms with Gasteiger partial charge in [-0.15, -0.1) is 0 Å². The average molecular weight is 140 g/mol. The van der Waals surface area contributed by atoms with Gasteiger partial charge in [-0.25, -0.2) is 0 Å². The predicted molar refractivity (Wildman–Crippen MR) is 29.4 cm³/mol. The zero-order chi connectivity index (χ0) is 6.12. The van der Waals surface area contributed by atoms with E-state index < -0.39 is 0 Å². The minimum atomic E-state index is 0.931. The SMILES string of the molecule is ON=NO.[SiH3]O[SiH3]. The van der Waals surface area contributed by atoms with Gasteiger partial charge in [0, 0.05) is 0 Å². The second kappa shape index (κ2) is 17.5. The summed E-state index contributed by atoms with van der Waals surface area (Å²) in [7, 11) is 1.86. The fourth-order valence-electron chi connectivity index (χ4n) is 0. The van der Waals surface area contributed by atoms with E-state index in [-0.39, 0.29) is 0 Å². The van der Waals surface area contributed by atoms with Crippen LogP contribution in [0.1, 0.15) is 0 Å². The zero-order valence-corrected chi connectivity index (χ0v) is 8.20. The third kappa shape index (κ3) is 205. The largest absolute Gasteiger partial charge is 0.471 e. The maximum Gasteiger partial charge on any atom is 0.129 e. The molecule has 0 heterocycles. The molecule has 7 heteroatoms. The lowest BCUT2D eigenvalue weighted by Gasteiger charge is -1.62. The number of nitrogens with zero attached hydrogens (tertiary/aromatic N) is 2. The fraction of sp³-hybridized carbons (Fsp3) is 0. The van der Waals surface area contributed by atoms with Gasteiger partial charge in [-0.2, -0.15) is 0 Å². The van der Waals surface area contributed by atoms with Crippen LogP contribution >= 0.6 is 0 Å². The van der Waals surface area contributed by atoms with E-state index in [2.05, 4.69) is 4.12 Å². The third-order valence-corrected chi connectivity index (χ3v) is 0.0400. The van der Waals surface area contributed by atoms with Crippen LogP contribution in [0.4, 0.5) is 0 Å². The molecule has 7 heavy (non-hydrogen) atoms. The Balaban J connectivity index is 0. The van der Waals surface area contributed by atoms with Gasteiger partial charge in [-0.05, 0) is 0 Å². The van der Waals surface area contributed by atoms with E-state index in [1.807, 2.05) is 10.6 Å². The predicted octanol–water partition coefficient (Wildman–Crippen LogP) is -2.22. The first-order valence-electron chi connectivity index (χ1n) is 1.42. The first-order valence-corrected chi connectivity index (χ1v) is 3.05. The molecular formula is H8N2O3Si2. The minimum Gasteiger partial charge on any atom is -0.471 e. The summed E-state index contributed by atoms with van der Waals surface area (Å²) in [6.45, 7) is 0. The van der Waals surface area contributed by atoms with Crippen LogP contribution in [0.15, 0.2) is 10.6 Å². The lowest BCUT2D eigenvalue weighted by atomic mass is 13.0. The standard InChI is InChI=1S/H2N2O2.H6OSi2/c3-1-2-4;2-1-3/h(H,1,4)(H,2,3);2-3H3. The first kappa shape index (κ1) is 9.78. The molecule has 5 nitrogen and oxygen atoms in total. The van der Waals surface area contributed by atoms with Crippen molar-refractivity contribution in [1.82, 2.24) is 0 Å². The van der Waals surface area contributed by atoms with E-state index in [1.165, 1.54) is 0 Å². The number of hydrogen-bond donors (Lipinski definition) is 2. The van der Waals surface area contributed by atoms with Crippen LogP contribution in [0, 0.1) is 0 Å². The summed E-state index contributed by atoms with van der Waals surface area (Å²) in [6, 6.07) is 0. The Kier molecular flexibility index (Phi) is 24.5. The molecule has 0 saturated carbocycles. The van der Waals surface area contributed by atoms with E-state index in [1.54, 1.807) is 0 Å². The lowest BCUT2D eigenvalue weighted by Crippen LogP contribution is -1.65. The summed E-state index contributed by atoms with van der Waals surface area (Å²) < 4.78 is 4.53. The van der Waals surface area contributed by atoms with Crippen molar-refractivity contribution in [3.8, 4) is 0 Å². The molecule has 2 N–H and O–H groups in total. The van der Waals surface area contributed by atoms with Crippen LogP contribution in [0.2, 0.25) is 0 Å². The van der Waals surface area contributed by atoms with Gasteiger partial charge in [0.2, 0.25) is 0 Å². The lowest BCUT2D eigenvalue weighted by molar-refractivity contribution is 0.177. The molecule has 0 aromatic carbocycles. The Morgan fingerprint density at radius 3 is 1.29 bits per heavy atom. The van der Waals surface area contributed by atoms with Crippen LogP contribution in [-0.2, 0) is 4.12 Å². The molecule has 0 spiro atoms. The molecule has 0 rings (SSSR count). The third-order valence-electron chi connectivity index (χ3n) is 0.0400. The first-order chi connectivity index (χ1) is 3.33. The fourth-order valence-corrected chi connectivity index (χ4v) is 0. The van der Waals surface area contributed by atoms with E-state index >= 15 is 0 Å². The molecule has 0 saturated heterocycles. The summed E-state index contributed by atoms with van der Waals surface area (Å²) >= 11 is 0. The van der Waals surface area contributed by atoms with Gasteiger partial charge in [-0.1, -0.05) is 0 Å². The summed E-state index contributed by atoms with van der Waals surface area (Å²) in [5, 5.41) is 18.0. The van der Waals surface area contributed by atoms with Crippen LogP contribution in [0.5, 0.6) is 0 Å². The highest BCUT2D eigenvalue weighted by Crippen LogP contribution is 1.46.